The number of carbonyl (C=O) groups is 1. The lowest BCUT2D eigenvalue weighted by molar-refractivity contribution is 0.0755. The van der Waals surface area contributed by atoms with Crippen molar-refractivity contribution in [2.45, 2.75) is 44.2 Å². The largest absolute Gasteiger partial charge is 0.378 e. The van der Waals surface area contributed by atoms with E-state index < -0.39 is 0 Å². The molecule has 2 atom stereocenters. The minimum atomic E-state index is -0.0170. The molecule has 2 bridgehead atoms. The average molecular weight is 379 g/mol. The maximum Gasteiger partial charge on any atom is 0.253 e. The number of anilines is 1. The molecule has 2 unspecified atom stereocenters. The van der Waals surface area contributed by atoms with Gasteiger partial charge in [0.2, 0.25) is 0 Å². The lowest BCUT2D eigenvalue weighted by atomic mass is 9.67. The molecule has 2 aliphatic rings. The normalized spacial score (nSPS) is 26.5. The molecule has 4 rings (SSSR count). The van der Waals surface area contributed by atoms with Crippen LogP contribution in [0, 0.1) is 11.8 Å². The zero-order valence-electron chi connectivity index (χ0n) is 16.8. The van der Waals surface area contributed by atoms with Crippen LogP contribution >= 0.6 is 0 Å². The summed E-state index contributed by atoms with van der Waals surface area (Å²) in [5, 5.41) is 3.32. The lowest BCUT2D eigenvalue weighted by Gasteiger charge is -2.45. The summed E-state index contributed by atoms with van der Waals surface area (Å²) < 4.78 is 0. The molecular weight excluding hydrogens is 348 g/mol. The van der Waals surface area contributed by atoms with E-state index in [1.54, 1.807) is 6.20 Å². The van der Waals surface area contributed by atoms with Gasteiger partial charge in [-0.15, -0.1) is 0 Å². The molecule has 148 valence electrons. The predicted octanol–water partition coefficient (Wildman–Crippen LogP) is 3.45. The first-order valence-corrected chi connectivity index (χ1v) is 10.3. The highest BCUT2D eigenvalue weighted by atomic mass is 16.1. The van der Waals surface area contributed by atoms with E-state index in [1.165, 1.54) is 19.3 Å². The number of fused-ring (bicyclic) bond motifs is 2. The summed E-state index contributed by atoms with van der Waals surface area (Å²) in [4.78, 5) is 19.4. The van der Waals surface area contributed by atoms with Crippen molar-refractivity contribution in [2.75, 3.05) is 19.0 Å². The number of hydrogen-bond acceptors (Lipinski definition) is 4. The molecule has 0 saturated heterocycles. The van der Waals surface area contributed by atoms with Gasteiger partial charge < -0.3 is 16.0 Å². The van der Waals surface area contributed by atoms with Crippen LogP contribution in [-0.2, 0) is 0 Å². The smallest absolute Gasteiger partial charge is 0.253 e. The zero-order valence-corrected chi connectivity index (χ0v) is 16.8. The fourth-order valence-electron chi connectivity index (χ4n) is 4.93. The number of hydrogen-bond donors (Lipinski definition) is 2. The molecular formula is C23H30N4O. The van der Waals surface area contributed by atoms with Crippen LogP contribution in [0.1, 0.15) is 42.5 Å². The maximum atomic E-state index is 13.0. The fraction of sp³-hybridized carbons (Fsp3) is 0.478. The van der Waals surface area contributed by atoms with Crippen molar-refractivity contribution < 1.29 is 4.79 Å². The first-order chi connectivity index (χ1) is 13.5. The van der Waals surface area contributed by atoms with Crippen molar-refractivity contribution in [3.63, 3.8) is 0 Å². The molecule has 1 heterocycles. The first kappa shape index (κ1) is 18.9. The fourth-order valence-corrected chi connectivity index (χ4v) is 4.93. The van der Waals surface area contributed by atoms with Crippen LogP contribution in [0.2, 0.25) is 0 Å². The van der Waals surface area contributed by atoms with Crippen LogP contribution in [0.3, 0.4) is 0 Å². The number of rotatable bonds is 4. The predicted molar refractivity (Wildman–Crippen MR) is 113 cm³/mol. The second-order valence-corrected chi connectivity index (χ2v) is 8.59. The third-order valence-electron chi connectivity index (χ3n) is 6.39. The maximum absolute atomic E-state index is 13.0. The number of carbonyl (C=O) groups excluding carboxylic acids is 1. The van der Waals surface area contributed by atoms with E-state index in [4.69, 9.17) is 5.73 Å². The van der Waals surface area contributed by atoms with Gasteiger partial charge in [-0.05, 0) is 61.3 Å². The second-order valence-electron chi connectivity index (χ2n) is 8.59. The number of benzene rings is 1. The molecule has 3 N–H and O–H groups in total. The average Bonchev–Trinajstić information content (AvgIpc) is 2.69. The Morgan fingerprint density at radius 3 is 2.39 bits per heavy atom. The van der Waals surface area contributed by atoms with Gasteiger partial charge in [-0.25, -0.2) is 0 Å². The molecule has 0 radical (unpaired) electrons. The lowest BCUT2D eigenvalue weighted by Crippen LogP contribution is -2.53. The molecule has 5 heteroatoms. The van der Waals surface area contributed by atoms with Crippen LogP contribution in [-0.4, -0.2) is 37.1 Å². The summed E-state index contributed by atoms with van der Waals surface area (Å²) in [5.41, 5.74) is 10.0. The van der Waals surface area contributed by atoms with Crippen molar-refractivity contribution in [1.82, 2.24) is 10.3 Å². The molecule has 2 saturated carbocycles. The van der Waals surface area contributed by atoms with Crippen LogP contribution in [0.5, 0.6) is 0 Å². The summed E-state index contributed by atoms with van der Waals surface area (Å²) >= 11 is 0. The van der Waals surface area contributed by atoms with Gasteiger partial charge >= 0.3 is 0 Å². The van der Waals surface area contributed by atoms with Gasteiger partial charge in [0.15, 0.2) is 0 Å². The minimum absolute atomic E-state index is 0.0170. The highest BCUT2D eigenvalue weighted by molar-refractivity contribution is 5.95. The molecule has 1 aromatic carbocycles. The van der Waals surface area contributed by atoms with Crippen molar-refractivity contribution in [3.05, 3.63) is 48.3 Å². The number of nitrogens with two attached hydrogens (primary N) is 1. The standard InChI is InChI=1S/C23H30N4O/c1-27(2)21-8-6-15(7-9-21)18-10-19(14-25-13-18)23(28)26-22-16-4-3-5-17(22)12-20(24)11-16/h6-10,13-14,16-17,20,22H,3-5,11-12,24H2,1-2H3,(H,26,28). The van der Waals surface area contributed by atoms with Gasteiger partial charge in [0, 0.05) is 49.8 Å². The highest BCUT2D eigenvalue weighted by Gasteiger charge is 2.40. The van der Waals surface area contributed by atoms with E-state index in [-0.39, 0.29) is 11.9 Å². The SMILES string of the molecule is CN(C)c1ccc(-c2cncc(C(=O)NC3C4CCCC3CC(N)C4)c2)cc1. The summed E-state index contributed by atoms with van der Waals surface area (Å²) in [7, 11) is 4.05. The number of nitrogens with zero attached hydrogens (tertiary/aromatic N) is 2. The van der Waals surface area contributed by atoms with Crippen molar-refractivity contribution in [2.24, 2.45) is 17.6 Å². The summed E-state index contributed by atoms with van der Waals surface area (Å²) in [6.45, 7) is 0. The van der Waals surface area contributed by atoms with Crippen LogP contribution in [0.25, 0.3) is 11.1 Å². The Labute approximate surface area is 167 Å². The van der Waals surface area contributed by atoms with Crippen molar-refractivity contribution >= 4 is 11.6 Å². The summed E-state index contributed by atoms with van der Waals surface area (Å²) in [5.74, 6) is 1.01. The van der Waals surface area contributed by atoms with Gasteiger partial charge in [0.1, 0.15) is 0 Å². The Morgan fingerprint density at radius 2 is 1.75 bits per heavy atom. The van der Waals surface area contributed by atoms with E-state index in [0.29, 0.717) is 23.4 Å². The van der Waals surface area contributed by atoms with E-state index in [9.17, 15) is 4.79 Å². The number of nitrogens with one attached hydrogen (secondary N) is 1. The third kappa shape index (κ3) is 3.90. The van der Waals surface area contributed by atoms with Crippen LogP contribution < -0.4 is 16.0 Å². The van der Waals surface area contributed by atoms with E-state index >= 15 is 0 Å². The number of amides is 1. The van der Waals surface area contributed by atoms with Crippen LogP contribution in [0.4, 0.5) is 5.69 Å². The Balaban J connectivity index is 1.50. The molecule has 2 fully saturated rings. The van der Waals surface area contributed by atoms with Gasteiger partial charge in [0.05, 0.1) is 5.56 Å². The molecule has 2 aromatic rings. The summed E-state index contributed by atoms with van der Waals surface area (Å²) in [6.07, 6.45) is 9.13. The molecule has 1 aromatic heterocycles. The topological polar surface area (TPSA) is 71.2 Å². The summed E-state index contributed by atoms with van der Waals surface area (Å²) in [6, 6.07) is 10.8. The highest BCUT2D eigenvalue weighted by Crippen LogP contribution is 2.39. The van der Waals surface area contributed by atoms with Crippen molar-refractivity contribution in [1.29, 1.82) is 0 Å². The monoisotopic (exact) mass is 378 g/mol. The third-order valence-corrected chi connectivity index (χ3v) is 6.39. The Kier molecular flexibility index (Phi) is 5.36. The molecule has 28 heavy (non-hydrogen) atoms. The van der Waals surface area contributed by atoms with Gasteiger partial charge in [-0.3, -0.25) is 9.78 Å². The molecule has 1 amide bonds. The van der Waals surface area contributed by atoms with Crippen LogP contribution in [0.15, 0.2) is 42.7 Å². The van der Waals surface area contributed by atoms with Gasteiger partial charge in [-0.1, -0.05) is 18.6 Å². The molecule has 2 aliphatic carbocycles. The van der Waals surface area contributed by atoms with Crippen molar-refractivity contribution in [3.8, 4) is 11.1 Å². The Hall–Kier alpha value is -2.40. The van der Waals surface area contributed by atoms with E-state index in [2.05, 4.69) is 39.5 Å². The Morgan fingerprint density at radius 1 is 1.07 bits per heavy atom. The van der Waals surface area contributed by atoms with Gasteiger partial charge in [0.25, 0.3) is 5.91 Å². The number of aromatic nitrogens is 1. The quantitative estimate of drug-likeness (QED) is 0.855. The minimum Gasteiger partial charge on any atom is -0.378 e. The zero-order chi connectivity index (χ0) is 19.7. The molecule has 5 nitrogen and oxygen atoms in total. The Bertz CT molecular complexity index is 819. The van der Waals surface area contributed by atoms with E-state index in [0.717, 1.165) is 29.7 Å². The van der Waals surface area contributed by atoms with E-state index in [1.807, 2.05) is 26.4 Å². The second kappa shape index (κ2) is 7.92. The van der Waals surface area contributed by atoms with Gasteiger partial charge in [-0.2, -0.15) is 0 Å². The number of pyridine rings is 1. The molecule has 0 spiro atoms. The first-order valence-electron chi connectivity index (χ1n) is 10.3. The molecule has 0 aliphatic heterocycles.